The van der Waals surface area contributed by atoms with Gasteiger partial charge in [-0.05, 0) is 30.7 Å². The predicted molar refractivity (Wildman–Crippen MR) is 49.4 cm³/mol. The number of hydrogen-bond acceptors (Lipinski definition) is 2. The molecule has 0 atom stereocenters. The van der Waals surface area contributed by atoms with Gasteiger partial charge in [0.1, 0.15) is 11.5 Å². The van der Waals surface area contributed by atoms with Crippen LogP contribution in [-0.2, 0) is 0 Å². The zero-order valence-electron chi connectivity index (χ0n) is 7.29. The van der Waals surface area contributed by atoms with E-state index in [-0.39, 0.29) is 5.75 Å². The molecule has 1 rings (SSSR count). The van der Waals surface area contributed by atoms with Gasteiger partial charge in [-0.1, -0.05) is 6.58 Å². The van der Waals surface area contributed by atoms with E-state index in [1.165, 1.54) is 0 Å². The number of rotatable bonds is 2. The summed E-state index contributed by atoms with van der Waals surface area (Å²) in [5, 5.41) is 9.19. The summed E-state index contributed by atoms with van der Waals surface area (Å²) in [7, 11) is 1.60. The Bertz CT molecular complexity index is 303. The van der Waals surface area contributed by atoms with Crippen molar-refractivity contribution in [1.29, 1.82) is 0 Å². The van der Waals surface area contributed by atoms with Crippen molar-refractivity contribution in [3.05, 3.63) is 30.3 Å². The average molecular weight is 164 g/mol. The molecule has 0 spiro atoms. The fourth-order valence-electron chi connectivity index (χ4n) is 1.03. The Kier molecular flexibility index (Phi) is 2.38. The molecule has 0 heterocycles. The van der Waals surface area contributed by atoms with Gasteiger partial charge in [-0.3, -0.25) is 0 Å². The van der Waals surface area contributed by atoms with Crippen LogP contribution in [0.2, 0.25) is 0 Å². The Labute approximate surface area is 72.1 Å². The second-order valence-corrected chi connectivity index (χ2v) is 2.66. The van der Waals surface area contributed by atoms with Gasteiger partial charge in [-0.15, -0.1) is 0 Å². The summed E-state index contributed by atoms with van der Waals surface area (Å²) in [5.74, 6) is 0.967. The number of aromatic hydroxyl groups is 1. The van der Waals surface area contributed by atoms with Gasteiger partial charge in [0.25, 0.3) is 0 Å². The molecule has 0 aliphatic rings. The van der Waals surface area contributed by atoms with Gasteiger partial charge in [-0.2, -0.15) is 0 Å². The molecule has 64 valence electrons. The van der Waals surface area contributed by atoms with Gasteiger partial charge in [-0.25, -0.2) is 0 Å². The minimum Gasteiger partial charge on any atom is -0.508 e. The predicted octanol–water partition coefficient (Wildman–Crippen LogP) is 2.43. The van der Waals surface area contributed by atoms with Crippen molar-refractivity contribution >= 4 is 5.57 Å². The normalized spacial score (nSPS) is 9.50. The fourth-order valence-corrected chi connectivity index (χ4v) is 1.03. The molecular weight excluding hydrogens is 152 g/mol. The number of benzene rings is 1. The fraction of sp³-hybridized carbons (Fsp3) is 0.200. The third-order valence-corrected chi connectivity index (χ3v) is 1.64. The van der Waals surface area contributed by atoms with Crippen LogP contribution in [0.25, 0.3) is 5.57 Å². The highest BCUT2D eigenvalue weighted by molar-refractivity contribution is 5.68. The molecule has 0 radical (unpaired) electrons. The lowest BCUT2D eigenvalue weighted by Crippen LogP contribution is -1.88. The summed E-state index contributed by atoms with van der Waals surface area (Å²) < 4.78 is 5.09. The van der Waals surface area contributed by atoms with Crippen LogP contribution in [0, 0.1) is 0 Å². The van der Waals surface area contributed by atoms with Crippen LogP contribution in [0.4, 0.5) is 0 Å². The number of phenols is 1. The van der Waals surface area contributed by atoms with Crippen molar-refractivity contribution in [3.63, 3.8) is 0 Å². The van der Waals surface area contributed by atoms with Crippen molar-refractivity contribution < 1.29 is 9.84 Å². The maximum atomic E-state index is 9.19. The monoisotopic (exact) mass is 164 g/mol. The summed E-state index contributed by atoms with van der Waals surface area (Å²) in [4.78, 5) is 0. The number of methoxy groups -OCH3 is 1. The van der Waals surface area contributed by atoms with Crippen LogP contribution in [0.1, 0.15) is 12.5 Å². The van der Waals surface area contributed by atoms with E-state index in [4.69, 9.17) is 4.74 Å². The molecular formula is C10H12O2. The smallest absolute Gasteiger partial charge is 0.126 e. The molecule has 1 aromatic rings. The first kappa shape index (κ1) is 8.65. The topological polar surface area (TPSA) is 29.5 Å². The number of allylic oxidation sites excluding steroid dienone is 1. The molecule has 2 nitrogen and oxygen atoms in total. The summed E-state index contributed by atoms with van der Waals surface area (Å²) in [6.45, 7) is 5.66. The molecule has 0 fully saturated rings. The van der Waals surface area contributed by atoms with Crippen LogP contribution in [0.3, 0.4) is 0 Å². The highest BCUT2D eigenvalue weighted by atomic mass is 16.5. The second kappa shape index (κ2) is 3.30. The molecule has 0 amide bonds. The summed E-state index contributed by atoms with van der Waals surface area (Å²) >= 11 is 0. The van der Waals surface area contributed by atoms with Gasteiger partial charge in [0, 0.05) is 5.56 Å². The molecule has 12 heavy (non-hydrogen) atoms. The summed E-state index contributed by atoms with van der Waals surface area (Å²) in [6, 6.07) is 4.95. The van der Waals surface area contributed by atoms with E-state index in [2.05, 4.69) is 6.58 Å². The molecule has 0 aliphatic heterocycles. The molecule has 0 bridgehead atoms. The lowest BCUT2D eigenvalue weighted by Gasteiger charge is -2.07. The minimum atomic E-state index is 0.230. The third kappa shape index (κ3) is 1.59. The van der Waals surface area contributed by atoms with E-state index < -0.39 is 0 Å². The minimum absolute atomic E-state index is 0.230. The highest BCUT2D eigenvalue weighted by Gasteiger charge is 2.03. The first-order chi connectivity index (χ1) is 5.65. The van der Waals surface area contributed by atoms with Crippen molar-refractivity contribution in [2.45, 2.75) is 6.92 Å². The third-order valence-electron chi connectivity index (χ3n) is 1.64. The molecule has 0 aliphatic carbocycles. The molecule has 0 unspecified atom stereocenters. The Hall–Kier alpha value is -1.44. The molecule has 0 saturated carbocycles. The van der Waals surface area contributed by atoms with Crippen LogP contribution in [0.15, 0.2) is 24.8 Å². The maximum absolute atomic E-state index is 9.19. The van der Waals surface area contributed by atoms with Crippen molar-refractivity contribution in [1.82, 2.24) is 0 Å². The number of phenolic OH excluding ortho intramolecular Hbond substituents is 1. The quantitative estimate of drug-likeness (QED) is 0.727. The summed E-state index contributed by atoms with van der Waals surface area (Å²) in [5.41, 5.74) is 1.72. The van der Waals surface area contributed by atoms with Crippen LogP contribution in [-0.4, -0.2) is 12.2 Å². The molecule has 1 aromatic carbocycles. The first-order valence-corrected chi connectivity index (χ1v) is 3.68. The summed E-state index contributed by atoms with van der Waals surface area (Å²) in [6.07, 6.45) is 0. The maximum Gasteiger partial charge on any atom is 0.126 e. The van der Waals surface area contributed by atoms with E-state index >= 15 is 0 Å². The van der Waals surface area contributed by atoms with Gasteiger partial charge in [0.05, 0.1) is 7.11 Å². The van der Waals surface area contributed by atoms with Crippen molar-refractivity contribution in [3.8, 4) is 11.5 Å². The van der Waals surface area contributed by atoms with Crippen LogP contribution in [0.5, 0.6) is 11.5 Å². The van der Waals surface area contributed by atoms with Gasteiger partial charge in [0.2, 0.25) is 0 Å². The number of ether oxygens (including phenoxy) is 1. The second-order valence-electron chi connectivity index (χ2n) is 2.66. The molecule has 0 saturated heterocycles. The van der Waals surface area contributed by atoms with Crippen LogP contribution >= 0.6 is 0 Å². The van der Waals surface area contributed by atoms with E-state index in [1.54, 1.807) is 25.3 Å². The van der Waals surface area contributed by atoms with Gasteiger partial charge >= 0.3 is 0 Å². The molecule has 0 aromatic heterocycles. The Morgan fingerprint density at radius 3 is 2.67 bits per heavy atom. The van der Waals surface area contributed by atoms with Gasteiger partial charge in [0.15, 0.2) is 0 Å². The zero-order valence-corrected chi connectivity index (χ0v) is 7.29. The van der Waals surface area contributed by atoms with Crippen molar-refractivity contribution in [2.75, 3.05) is 7.11 Å². The SMILES string of the molecule is C=C(C)c1cc(O)ccc1OC. The lowest BCUT2D eigenvalue weighted by molar-refractivity contribution is 0.411. The van der Waals surface area contributed by atoms with E-state index in [1.807, 2.05) is 6.92 Å². The first-order valence-electron chi connectivity index (χ1n) is 3.68. The van der Waals surface area contributed by atoms with Gasteiger partial charge < -0.3 is 9.84 Å². The molecule has 2 heteroatoms. The lowest BCUT2D eigenvalue weighted by atomic mass is 10.1. The van der Waals surface area contributed by atoms with E-state index in [0.29, 0.717) is 0 Å². The van der Waals surface area contributed by atoms with E-state index in [9.17, 15) is 5.11 Å². The Morgan fingerprint density at radius 1 is 1.50 bits per heavy atom. The Morgan fingerprint density at radius 2 is 2.17 bits per heavy atom. The number of hydrogen-bond donors (Lipinski definition) is 1. The van der Waals surface area contributed by atoms with Crippen LogP contribution < -0.4 is 4.74 Å². The van der Waals surface area contributed by atoms with E-state index in [0.717, 1.165) is 16.9 Å². The van der Waals surface area contributed by atoms with Crippen molar-refractivity contribution in [2.24, 2.45) is 0 Å². The molecule has 1 N–H and O–H groups in total. The largest absolute Gasteiger partial charge is 0.508 e. The highest BCUT2D eigenvalue weighted by Crippen LogP contribution is 2.27. The average Bonchev–Trinajstić information content (AvgIpc) is 2.04. The standard InChI is InChI=1S/C10H12O2/c1-7(2)9-6-8(11)4-5-10(9)12-3/h4-6,11H,1H2,2-3H3. The zero-order chi connectivity index (χ0) is 9.14. The Balaban J connectivity index is 3.21.